The standard InChI is InChI=1S/C40H39N5O.C33H27N5.C15H27NO3/c1-3-5-25-38(46-4-2)41-30-31-26-28-32(29-27-31)36-23-15-16-24-37(36)39-42-43-44-45(39)40(33-17-9-6-10-18-33,34-19-11-7-12-20-34)35-21-13-8-14-22-35;34-24-25-20-22-26(23-21-25)30-18-10-11-19-31(30)32-35-36-37-38(32)33(27-12-4-1-5-13-27,28-14-6-2-7-15-28)29-16-8-3-9-17-29;1-4-7-10-13(18-5-2)16-15(11-8-9-12-15)14(17)19-6-3/h6-24,26-29H,3-5,25,30H2,1-2H3;1-23H,24,34H2;4-12H2,1-3H3. The van der Waals surface area contributed by atoms with Gasteiger partial charge in [-0.1, -0.05) is 319 Å². The lowest BCUT2D eigenvalue weighted by atomic mass is 9.77. The molecule has 0 bridgehead atoms. The molecule has 103 heavy (non-hydrogen) atoms. The Balaban J connectivity index is 0.000000168. The first-order valence-electron chi connectivity index (χ1n) is 36.3. The van der Waals surface area contributed by atoms with Gasteiger partial charge in [-0.2, -0.15) is 0 Å². The number of rotatable bonds is 26. The van der Waals surface area contributed by atoms with Gasteiger partial charge in [0.15, 0.2) is 29.0 Å². The van der Waals surface area contributed by atoms with Crippen LogP contribution in [0.5, 0.6) is 0 Å². The second-order valence-corrected chi connectivity index (χ2v) is 25.4. The number of unbranched alkanes of at least 4 members (excludes halogenated alkanes) is 2. The lowest BCUT2D eigenvalue weighted by Crippen LogP contribution is -2.39. The SMILES string of the molecule is CCCCC(=NC1(C(=O)OCC)CCCC1)OCC.CCCCC(=NCc1ccc(-c2ccccc2-c2nnnn2C(c2ccccc2)(c2ccccc2)c2ccccc2)cc1)OCC.NCc1ccc(-c2ccccc2-c2nnnn2C(c2ccccc2)(c2ccccc2)c2ccccc2)cc1. The third-order valence-electron chi connectivity index (χ3n) is 18.8. The first-order chi connectivity index (χ1) is 50.8. The minimum Gasteiger partial charge on any atom is -0.481 e. The highest BCUT2D eigenvalue weighted by atomic mass is 16.5. The maximum atomic E-state index is 12.2. The van der Waals surface area contributed by atoms with Crippen LogP contribution in [0.3, 0.4) is 0 Å². The van der Waals surface area contributed by atoms with Crippen molar-refractivity contribution in [2.24, 2.45) is 15.7 Å². The van der Waals surface area contributed by atoms with Crippen LogP contribution in [0.1, 0.15) is 143 Å². The fraction of sp³-hybridized carbons (Fsp3) is 0.261. The monoisotopic (exact) mass is 1370 g/mol. The van der Waals surface area contributed by atoms with E-state index in [0.717, 1.165) is 154 Å². The lowest BCUT2D eigenvalue weighted by molar-refractivity contribution is -0.149. The van der Waals surface area contributed by atoms with Crippen molar-refractivity contribution in [1.82, 2.24) is 40.4 Å². The number of carbonyl (C=O) groups excluding carboxylic acids is 1. The van der Waals surface area contributed by atoms with Crippen LogP contribution in [0.4, 0.5) is 0 Å². The zero-order valence-electron chi connectivity index (χ0n) is 59.8. The van der Waals surface area contributed by atoms with Crippen LogP contribution < -0.4 is 5.73 Å². The van der Waals surface area contributed by atoms with Crippen molar-refractivity contribution in [3.63, 3.8) is 0 Å². The second kappa shape index (κ2) is 36.4. The summed E-state index contributed by atoms with van der Waals surface area (Å²) in [4.78, 5) is 21.6. The normalized spacial score (nSPS) is 12.9. The predicted octanol–water partition coefficient (Wildman–Crippen LogP) is 18.8. The maximum absolute atomic E-state index is 12.2. The molecule has 15 nitrogen and oxygen atoms in total. The van der Waals surface area contributed by atoms with Crippen molar-refractivity contribution in [1.29, 1.82) is 0 Å². The molecular formula is C88H93N11O4. The Kier molecular flexibility index (Phi) is 25.7. The summed E-state index contributed by atoms with van der Waals surface area (Å²) < 4.78 is 20.6. The van der Waals surface area contributed by atoms with E-state index in [1.807, 2.05) is 84.7 Å². The van der Waals surface area contributed by atoms with Crippen molar-refractivity contribution in [3.05, 3.63) is 324 Å². The number of ether oxygens (including phenoxy) is 3. The quantitative estimate of drug-likeness (QED) is 0.0236. The molecule has 0 amide bonds. The van der Waals surface area contributed by atoms with Gasteiger partial charge in [0.05, 0.1) is 26.4 Å². The molecule has 1 aliphatic rings. The summed E-state index contributed by atoms with van der Waals surface area (Å²) in [5, 5.41) is 27.3. The van der Waals surface area contributed by atoms with Gasteiger partial charge in [-0.25, -0.2) is 19.2 Å². The summed E-state index contributed by atoms with van der Waals surface area (Å²) in [5.41, 5.74) is 18.3. The van der Waals surface area contributed by atoms with Crippen LogP contribution in [-0.4, -0.2) is 83.5 Å². The van der Waals surface area contributed by atoms with Crippen LogP contribution in [0.25, 0.3) is 45.0 Å². The molecule has 524 valence electrons. The highest BCUT2D eigenvalue weighted by Crippen LogP contribution is 2.46. The number of tetrazole rings is 2. The van der Waals surface area contributed by atoms with E-state index in [0.29, 0.717) is 44.6 Å². The molecule has 0 saturated heterocycles. The molecule has 2 N–H and O–H groups in total. The van der Waals surface area contributed by atoms with Gasteiger partial charge in [0, 0.05) is 30.5 Å². The second-order valence-electron chi connectivity index (χ2n) is 25.4. The topological polar surface area (TPSA) is 183 Å². The highest BCUT2D eigenvalue weighted by molar-refractivity contribution is 5.87. The molecule has 0 atom stereocenters. The van der Waals surface area contributed by atoms with Crippen molar-refractivity contribution in [2.75, 3.05) is 19.8 Å². The van der Waals surface area contributed by atoms with Crippen LogP contribution >= 0.6 is 0 Å². The molecular weight excluding hydrogens is 1280 g/mol. The van der Waals surface area contributed by atoms with Gasteiger partial charge in [0.2, 0.25) is 0 Å². The largest absolute Gasteiger partial charge is 0.481 e. The number of aliphatic imine (C=N–C) groups is 2. The lowest BCUT2D eigenvalue weighted by Gasteiger charge is -2.36. The van der Waals surface area contributed by atoms with Crippen molar-refractivity contribution in [2.45, 2.75) is 129 Å². The van der Waals surface area contributed by atoms with Crippen LogP contribution in [0.2, 0.25) is 0 Å². The number of hydrogen-bond donors (Lipinski definition) is 1. The summed E-state index contributed by atoms with van der Waals surface area (Å²) in [5.74, 6) is 2.74. The van der Waals surface area contributed by atoms with Crippen LogP contribution in [-0.2, 0) is 43.2 Å². The van der Waals surface area contributed by atoms with Gasteiger partial charge in [-0.15, -0.1) is 10.2 Å². The first-order valence-corrected chi connectivity index (χ1v) is 36.3. The number of benzene rings is 10. The van der Waals surface area contributed by atoms with Gasteiger partial charge in [-0.05, 0) is 134 Å². The molecule has 2 heterocycles. The van der Waals surface area contributed by atoms with Crippen LogP contribution in [0.15, 0.2) is 289 Å². The summed E-state index contributed by atoms with van der Waals surface area (Å²) in [6, 6.07) is 96.3. The molecule has 0 radical (unpaired) electrons. The molecule has 10 aromatic carbocycles. The van der Waals surface area contributed by atoms with Gasteiger partial charge < -0.3 is 19.9 Å². The van der Waals surface area contributed by atoms with E-state index in [4.69, 9.17) is 40.5 Å². The molecule has 1 aliphatic carbocycles. The van der Waals surface area contributed by atoms with Crippen molar-refractivity contribution in [3.8, 4) is 45.0 Å². The molecule has 0 unspecified atom stereocenters. The third kappa shape index (κ3) is 16.7. The van der Waals surface area contributed by atoms with Gasteiger partial charge in [0.25, 0.3) is 0 Å². The van der Waals surface area contributed by atoms with Crippen molar-refractivity contribution >= 4 is 17.8 Å². The minimum absolute atomic E-state index is 0.179. The Morgan fingerprint density at radius 2 is 0.748 bits per heavy atom. The molecule has 1 fully saturated rings. The zero-order valence-corrected chi connectivity index (χ0v) is 59.8. The van der Waals surface area contributed by atoms with E-state index >= 15 is 0 Å². The van der Waals surface area contributed by atoms with Gasteiger partial charge >= 0.3 is 5.97 Å². The number of hydrogen-bond acceptors (Lipinski definition) is 13. The molecule has 0 spiro atoms. The average Bonchev–Trinajstić information content (AvgIpc) is 1.72. The van der Waals surface area contributed by atoms with E-state index in [-0.39, 0.29) is 5.97 Å². The molecule has 13 rings (SSSR count). The highest BCUT2D eigenvalue weighted by Gasteiger charge is 2.45. The Morgan fingerprint density at radius 1 is 0.417 bits per heavy atom. The molecule has 1 saturated carbocycles. The summed E-state index contributed by atoms with van der Waals surface area (Å²) in [7, 11) is 0. The van der Waals surface area contributed by atoms with E-state index in [9.17, 15) is 4.79 Å². The minimum atomic E-state index is -0.826. The van der Waals surface area contributed by atoms with Gasteiger partial charge in [-0.3, -0.25) is 4.99 Å². The molecule has 12 aromatic rings. The Morgan fingerprint density at radius 3 is 1.10 bits per heavy atom. The zero-order chi connectivity index (χ0) is 71.5. The Hall–Kier alpha value is -11.3. The van der Waals surface area contributed by atoms with E-state index in [1.54, 1.807) is 0 Å². The van der Waals surface area contributed by atoms with Crippen LogP contribution in [0, 0.1) is 0 Å². The van der Waals surface area contributed by atoms with E-state index < -0.39 is 16.6 Å². The number of carbonyl (C=O) groups is 1. The average molecular weight is 1370 g/mol. The smallest absolute Gasteiger partial charge is 0.334 e. The number of aromatic nitrogens is 8. The Bertz CT molecular complexity index is 4410. The Labute approximate surface area is 606 Å². The first kappa shape index (κ1) is 72.9. The fourth-order valence-corrected chi connectivity index (χ4v) is 13.8. The van der Waals surface area contributed by atoms with Crippen molar-refractivity contribution < 1.29 is 19.0 Å². The summed E-state index contributed by atoms with van der Waals surface area (Å²) in [6.07, 6.45) is 9.66. The molecule has 2 aromatic heterocycles. The molecule has 0 aliphatic heterocycles. The number of nitrogens with two attached hydrogens (primary N) is 1. The summed E-state index contributed by atoms with van der Waals surface area (Å²) >= 11 is 0. The van der Waals surface area contributed by atoms with Gasteiger partial charge in [0.1, 0.15) is 11.1 Å². The number of nitrogens with zero attached hydrogens (tertiary/aromatic N) is 10. The van der Waals surface area contributed by atoms with E-state index in [1.165, 1.54) is 0 Å². The fourth-order valence-electron chi connectivity index (χ4n) is 13.8. The summed E-state index contributed by atoms with van der Waals surface area (Å²) in [6.45, 7) is 12.9. The predicted molar refractivity (Wildman–Crippen MR) is 413 cm³/mol. The van der Waals surface area contributed by atoms with E-state index in [2.05, 4.69) is 259 Å². The third-order valence-corrected chi connectivity index (χ3v) is 18.8. The molecule has 15 heteroatoms. The number of esters is 1. The maximum Gasteiger partial charge on any atom is 0.334 e.